The van der Waals surface area contributed by atoms with E-state index in [0.29, 0.717) is 27.2 Å². The molecule has 0 bridgehead atoms. The summed E-state index contributed by atoms with van der Waals surface area (Å²) in [6, 6.07) is 22.8. The Morgan fingerprint density at radius 3 is 2.31 bits per heavy atom. The quantitative estimate of drug-likeness (QED) is 0.190. The molecule has 0 saturated heterocycles. The number of anilines is 1. The number of hydrogen-bond acceptors (Lipinski definition) is 5. The number of para-hydroxylation sites is 1. The molecule has 0 aliphatic rings. The molecule has 4 rings (SSSR count). The number of sulfonamides is 1. The van der Waals surface area contributed by atoms with Crippen LogP contribution in [0.5, 0.6) is 11.5 Å². The third kappa shape index (κ3) is 7.00. The molecule has 8 nitrogen and oxygen atoms in total. The Morgan fingerprint density at radius 1 is 1.00 bits per heavy atom. The fraction of sp³-hybridized carbons (Fsp3) is 0.143. The lowest BCUT2D eigenvalue weighted by Gasteiger charge is -2.21. The van der Waals surface area contributed by atoms with Gasteiger partial charge < -0.3 is 9.30 Å². The van der Waals surface area contributed by atoms with Crippen LogP contribution < -0.4 is 14.5 Å². The van der Waals surface area contributed by atoms with E-state index in [1.807, 2.05) is 60.9 Å². The number of hydrogen-bond donors (Lipinski definition) is 1. The smallest absolute Gasteiger partial charge is 0.260 e. The number of nitrogens with one attached hydrogen (secondary N) is 1. The Balaban J connectivity index is 1.44. The Kier molecular flexibility index (Phi) is 8.64. The predicted octanol–water partition coefficient (Wildman–Crippen LogP) is 6.11. The molecule has 0 radical (unpaired) electrons. The summed E-state index contributed by atoms with van der Waals surface area (Å²) >= 11 is 12.4. The summed E-state index contributed by atoms with van der Waals surface area (Å²) in [7, 11) is -3.75. The van der Waals surface area contributed by atoms with Crippen LogP contribution in [-0.2, 0) is 14.8 Å². The highest BCUT2D eigenvalue weighted by Crippen LogP contribution is 2.29. The number of aromatic nitrogens is 1. The van der Waals surface area contributed by atoms with E-state index in [4.69, 9.17) is 27.9 Å². The lowest BCUT2D eigenvalue weighted by Crippen LogP contribution is -2.39. The molecule has 0 aliphatic heterocycles. The maximum absolute atomic E-state index is 12.6. The van der Waals surface area contributed by atoms with Crippen LogP contribution >= 0.6 is 23.2 Å². The van der Waals surface area contributed by atoms with E-state index in [1.165, 1.54) is 6.21 Å². The summed E-state index contributed by atoms with van der Waals surface area (Å²) in [5.74, 6) is 0.584. The normalized spacial score (nSPS) is 11.5. The zero-order chi connectivity index (χ0) is 28.2. The molecule has 1 heterocycles. The van der Waals surface area contributed by atoms with Crippen LogP contribution in [-0.4, -0.2) is 37.9 Å². The first-order valence-electron chi connectivity index (χ1n) is 11.8. The van der Waals surface area contributed by atoms with E-state index in [2.05, 4.69) is 10.5 Å². The number of aryl methyl sites for hydroxylation is 1. The highest BCUT2D eigenvalue weighted by atomic mass is 35.5. The van der Waals surface area contributed by atoms with Gasteiger partial charge in [-0.1, -0.05) is 41.4 Å². The van der Waals surface area contributed by atoms with Crippen molar-refractivity contribution in [3.8, 4) is 17.2 Å². The molecule has 3 aromatic carbocycles. The average molecular weight is 586 g/mol. The van der Waals surface area contributed by atoms with Crippen molar-refractivity contribution in [2.24, 2.45) is 5.10 Å². The highest BCUT2D eigenvalue weighted by Gasteiger charge is 2.21. The number of rotatable bonds is 9. The number of carbonyl (C=O) groups is 1. The van der Waals surface area contributed by atoms with Crippen LogP contribution in [0.4, 0.5) is 5.69 Å². The maximum Gasteiger partial charge on any atom is 0.260 e. The van der Waals surface area contributed by atoms with Crippen molar-refractivity contribution in [3.63, 3.8) is 0 Å². The maximum atomic E-state index is 12.6. The molecule has 0 unspecified atom stereocenters. The summed E-state index contributed by atoms with van der Waals surface area (Å²) in [5, 5.41) is 5.08. The van der Waals surface area contributed by atoms with Gasteiger partial charge in [-0.05, 0) is 74.5 Å². The second-order valence-electron chi connectivity index (χ2n) is 8.73. The van der Waals surface area contributed by atoms with Crippen LogP contribution in [0.2, 0.25) is 10.0 Å². The standard InChI is InChI=1S/C28H26Cl2N4O4S/c1-19-15-21(20(2)34(19)27-14-9-22(29)16-26(27)30)17-31-32-28(35)18-33(39(3,36)37)23-10-12-25(13-11-23)38-24-7-5-4-6-8-24/h4-17H,18H2,1-3H3,(H,32,35)/b31-17+. The average Bonchev–Trinajstić information content (AvgIpc) is 3.16. The number of ether oxygens (including phenoxy) is 1. The van der Waals surface area contributed by atoms with Crippen molar-refractivity contribution < 1.29 is 17.9 Å². The lowest BCUT2D eigenvalue weighted by atomic mass is 10.2. The third-order valence-corrected chi connectivity index (χ3v) is 7.48. The van der Waals surface area contributed by atoms with Gasteiger partial charge in [0.15, 0.2) is 0 Å². The highest BCUT2D eigenvalue weighted by molar-refractivity contribution is 7.92. The van der Waals surface area contributed by atoms with Crippen LogP contribution in [0.3, 0.4) is 0 Å². The molecule has 1 amide bonds. The van der Waals surface area contributed by atoms with E-state index in [9.17, 15) is 13.2 Å². The van der Waals surface area contributed by atoms with Gasteiger partial charge in [0.2, 0.25) is 10.0 Å². The van der Waals surface area contributed by atoms with Crippen molar-refractivity contribution in [2.75, 3.05) is 17.1 Å². The van der Waals surface area contributed by atoms with Gasteiger partial charge in [0.05, 0.1) is 28.9 Å². The lowest BCUT2D eigenvalue weighted by molar-refractivity contribution is -0.119. The first-order valence-corrected chi connectivity index (χ1v) is 14.4. The zero-order valence-corrected chi connectivity index (χ0v) is 23.8. The van der Waals surface area contributed by atoms with Crippen LogP contribution in [0, 0.1) is 13.8 Å². The molecule has 1 N–H and O–H groups in total. The molecule has 0 fully saturated rings. The molecule has 0 saturated carbocycles. The van der Waals surface area contributed by atoms with E-state index in [-0.39, 0.29) is 0 Å². The largest absolute Gasteiger partial charge is 0.457 e. The van der Waals surface area contributed by atoms with Crippen molar-refractivity contribution in [1.29, 1.82) is 0 Å². The summed E-state index contributed by atoms with van der Waals surface area (Å²) in [6.07, 6.45) is 2.54. The third-order valence-electron chi connectivity index (χ3n) is 5.80. The van der Waals surface area contributed by atoms with Crippen molar-refractivity contribution in [1.82, 2.24) is 9.99 Å². The van der Waals surface area contributed by atoms with E-state index >= 15 is 0 Å². The Labute approximate surface area is 237 Å². The Bertz CT molecular complexity index is 1620. The van der Waals surface area contributed by atoms with Gasteiger partial charge in [0.25, 0.3) is 5.91 Å². The minimum atomic E-state index is -3.75. The summed E-state index contributed by atoms with van der Waals surface area (Å²) in [5.41, 5.74) is 6.02. The SMILES string of the molecule is Cc1cc(/C=N/NC(=O)CN(c2ccc(Oc3ccccc3)cc2)S(C)(=O)=O)c(C)n1-c1ccc(Cl)cc1Cl. The second kappa shape index (κ2) is 11.9. The number of amides is 1. The fourth-order valence-corrected chi connectivity index (χ4v) is 5.35. The van der Waals surface area contributed by atoms with Gasteiger partial charge in [-0.25, -0.2) is 13.8 Å². The van der Waals surface area contributed by atoms with Crippen molar-refractivity contribution in [3.05, 3.63) is 106 Å². The number of carbonyl (C=O) groups excluding carboxylic acids is 1. The van der Waals surface area contributed by atoms with Crippen LogP contribution in [0.15, 0.2) is 84.0 Å². The van der Waals surface area contributed by atoms with Crippen molar-refractivity contribution >= 4 is 51.0 Å². The molecule has 202 valence electrons. The minimum Gasteiger partial charge on any atom is -0.457 e. The van der Waals surface area contributed by atoms with E-state index < -0.39 is 22.5 Å². The molecule has 39 heavy (non-hydrogen) atoms. The van der Waals surface area contributed by atoms with Gasteiger partial charge in [-0.15, -0.1) is 0 Å². The van der Waals surface area contributed by atoms with Gasteiger partial charge in [-0.2, -0.15) is 5.10 Å². The molecule has 4 aromatic rings. The molecular formula is C28H26Cl2N4O4S. The second-order valence-corrected chi connectivity index (χ2v) is 11.5. The van der Waals surface area contributed by atoms with Gasteiger partial charge in [0.1, 0.15) is 18.0 Å². The number of hydrazone groups is 1. The van der Waals surface area contributed by atoms with Gasteiger partial charge >= 0.3 is 0 Å². The summed E-state index contributed by atoms with van der Waals surface area (Å²) < 4.78 is 33.6. The summed E-state index contributed by atoms with van der Waals surface area (Å²) in [6.45, 7) is 3.38. The van der Waals surface area contributed by atoms with E-state index in [1.54, 1.807) is 36.4 Å². The molecule has 1 aromatic heterocycles. The van der Waals surface area contributed by atoms with Crippen LogP contribution in [0.1, 0.15) is 17.0 Å². The first kappa shape index (κ1) is 28.2. The molecule has 0 spiro atoms. The topological polar surface area (TPSA) is 93.0 Å². The number of benzene rings is 3. The van der Waals surface area contributed by atoms with Gasteiger partial charge in [-0.3, -0.25) is 9.10 Å². The van der Waals surface area contributed by atoms with Gasteiger partial charge in [0, 0.05) is 22.0 Å². The molecular weight excluding hydrogens is 559 g/mol. The number of nitrogens with zero attached hydrogens (tertiary/aromatic N) is 3. The van der Waals surface area contributed by atoms with Crippen molar-refractivity contribution in [2.45, 2.75) is 13.8 Å². The Morgan fingerprint density at radius 2 is 1.67 bits per heavy atom. The molecule has 0 atom stereocenters. The Hall–Kier alpha value is -3.79. The monoisotopic (exact) mass is 584 g/mol. The van der Waals surface area contributed by atoms with E-state index in [0.717, 1.165) is 33.2 Å². The summed E-state index contributed by atoms with van der Waals surface area (Å²) in [4.78, 5) is 12.6. The fourth-order valence-electron chi connectivity index (χ4n) is 4.00. The minimum absolute atomic E-state index is 0.320. The zero-order valence-electron chi connectivity index (χ0n) is 21.4. The molecule has 0 aliphatic carbocycles. The predicted molar refractivity (Wildman–Crippen MR) is 156 cm³/mol. The first-order chi connectivity index (χ1) is 18.5. The molecule has 11 heteroatoms. The number of halogens is 2. The van der Waals surface area contributed by atoms with Crippen LogP contribution in [0.25, 0.3) is 5.69 Å².